The minimum absolute atomic E-state index is 0.205. The zero-order valence-corrected chi connectivity index (χ0v) is 9.72. The lowest BCUT2D eigenvalue weighted by Crippen LogP contribution is -2.41. The van der Waals surface area contributed by atoms with E-state index in [9.17, 15) is 4.79 Å². The van der Waals surface area contributed by atoms with Crippen LogP contribution in [0.15, 0.2) is 18.3 Å². The number of ether oxygens (including phenoxy) is 1. The Bertz CT molecular complexity index is 385. The molecule has 1 fully saturated rings. The van der Waals surface area contributed by atoms with Gasteiger partial charge in [0.15, 0.2) is 0 Å². The van der Waals surface area contributed by atoms with Gasteiger partial charge in [0.25, 0.3) is 0 Å². The van der Waals surface area contributed by atoms with E-state index in [4.69, 9.17) is 9.84 Å². The number of carboxylic acid groups (broad SMARTS) is 1. The summed E-state index contributed by atoms with van der Waals surface area (Å²) in [5.74, 6) is -0.237. The SMILES string of the molecule is CCOC1CC(Nc2ccc(C(=O)O)cn2)C1. The summed E-state index contributed by atoms with van der Waals surface area (Å²) in [5, 5.41) is 12.0. The molecule has 0 bridgehead atoms. The minimum atomic E-state index is -0.955. The van der Waals surface area contributed by atoms with Gasteiger partial charge in [-0.2, -0.15) is 0 Å². The Morgan fingerprint density at radius 2 is 2.35 bits per heavy atom. The van der Waals surface area contributed by atoms with Crippen LogP contribution >= 0.6 is 0 Å². The third kappa shape index (κ3) is 2.94. The summed E-state index contributed by atoms with van der Waals surface area (Å²) >= 11 is 0. The molecule has 2 rings (SSSR count). The van der Waals surface area contributed by atoms with Crippen molar-refractivity contribution >= 4 is 11.8 Å². The Morgan fingerprint density at radius 1 is 1.59 bits per heavy atom. The molecule has 92 valence electrons. The van der Waals surface area contributed by atoms with Crippen LogP contribution in [0.25, 0.3) is 0 Å². The Kier molecular flexibility index (Phi) is 3.58. The first-order valence-corrected chi connectivity index (χ1v) is 5.76. The molecular formula is C12H16N2O3. The van der Waals surface area contributed by atoms with Gasteiger partial charge in [-0.15, -0.1) is 0 Å². The van der Waals surface area contributed by atoms with Crippen molar-refractivity contribution < 1.29 is 14.6 Å². The number of anilines is 1. The van der Waals surface area contributed by atoms with Crippen molar-refractivity contribution in [2.45, 2.75) is 31.9 Å². The number of aromatic nitrogens is 1. The summed E-state index contributed by atoms with van der Waals surface area (Å²) in [4.78, 5) is 14.7. The quantitative estimate of drug-likeness (QED) is 0.815. The number of rotatable bonds is 5. The normalized spacial score (nSPS) is 22.9. The highest BCUT2D eigenvalue weighted by molar-refractivity contribution is 5.87. The van der Waals surface area contributed by atoms with E-state index >= 15 is 0 Å². The van der Waals surface area contributed by atoms with Crippen molar-refractivity contribution in [3.63, 3.8) is 0 Å². The van der Waals surface area contributed by atoms with E-state index in [0.29, 0.717) is 12.1 Å². The second-order valence-electron chi connectivity index (χ2n) is 4.13. The van der Waals surface area contributed by atoms with Gasteiger partial charge >= 0.3 is 5.97 Å². The predicted octanol–water partition coefficient (Wildman–Crippen LogP) is 1.76. The van der Waals surface area contributed by atoms with Crippen LogP contribution < -0.4 is 5.32 Å². The molecule has 1 aromatic rings. The fourth-order valence-electron chi connectivity index (χ4n) is 1.87. The van der Waals surface area contributed by atoms with E-state index in [1.807, 2.05) is 6.92 Å². The van der Waals surface area contributed by atoms with Crippen LogP contribution in [0.3, 0.4) is 0 Å². The Balaban J connectivity index is 1.82. The van der Waals surface area contributed by atoms with E-state index in [1.54, 1.807) is 12.1 Å². The Hall–Kier alpha value is -1.62. The molecule has 1 heterocycles. The summed E-state index contributed by atoms with van der Waals surface area (Å²) in [6.45, 7) is 2.75. The molecule has 1 aromatic heterocycles. The van der Waals surface area contributed by atoms with Gasteiger partial charge in [0.05, 0.1) is 11.7 Å². The Labute approximate surface area is 99.8 Å². The molecule has 0 atom stereocenters. The summed E-state index contributed by atoms with van der Waals surface area (Å²) in [6.07, 6.45) is 3.69. The van der Waals surface area contributed by atoms with Crippen LogP contribution in [-0.4, -0.2) is 34.8 Å². The predicted molar refractivity (Wildman–Crippen MR) is 63.3 cm³/mol. The van der Waals surface area contributed by atoms with E-state index in [1.165, 1.54) is 6.20 Å². The number of carboxylic acids is 1. The number of aromatic carboxylic acids is 1. The molecular weight excluding hydrogens is 220 g/mol. The average molecular weight is 236 g/mol. The standard InChI is InChI=1S/C12H16N2O3/c1-2-17-10-5-9(6-10)14-11-4-3-8(7-13-11)12(15)16/h3-4,7,9-10H,2,5-6H2,1H3,(H,13,14)(H,15,16). The van der Waals surface area contributed by atoms with Gasteiger partial charge in [-0.05, 0) is 31.9 Å². The van der Waals surface area contributed by atoms with Crippen LogP contribution in [-0.2, 0) is 4.74 Å². The molecule has 0 unspecified atom stereocenters. The monoisotopic (exact) mass is 236 g/mol. The van der Waals surface area contributed by atoms with E-state index < -0.39 is 5.97 Å². The van der Waals surface area contributed by atoms with Crippen molar-refractivity contribution in [2.75, 3.05) is 11.9 Å². The fraction of sp³-hybridized carbons (Fsp3) is 0.500. The third-order valence-corrected chi connectivity index (χ3v) is 2.86. The van der Waals surface area contributed by atoms with Gasteiger partial charge in [-0.25, -0.2) is 9.78 Å². The van der Waals surface area contributed by atoms with Crippen LogP contribution in [0.2, 0.25) is 0 Å². The van der Waals surface area contributed by atoms with Crippen molar-refractivity contribution in [3.05, 3.63) is 23.9 Å². The molecule has 0 aromatic carbocycles. The van der Waals surface area contributed by atoms with Gasteiger partial charge in [-0.3, -0.25) is 0 Å². The van der Waals surface area contributed by atoms with Crippen molar-refractivity contribution in [1.82, 2.24) is 4.98 Å². The molecule has 1 aliphatic carbocycles. The maximum atomic E-state index is 10.6. The maximum absolute atomic E-state index is 10.6. The topological polar surface area (TPSA) is 71.5 Å². The molecule has 1 saturated carbocycles. The van der Waals surface area contributed by atoms with E-state index in [-0.39, 0.29) is 5.56 Å². The van der Waals surface area contributed by atoms with Crippen molar-refractivity contribution in [3.8, 4) is 0 Å². The van der Waals surface area contributed by atoms with Crippen LogP contribution in [0.4, 0.5) is 5.82 Å². The first kappa shape index (κ1) is 11.9. The summed E-state index contributed by atoms with van der Waals surface area (Å²) in [7, 11) is 0. The number of pyridine rings is 1. The van der Waals surface area contributed by atoms with E-state index in [0.717, 1.165) is 25.3 Å². The number of nitrogens with one attached hydrogen (secondary N) is 1. The lowest BCUT2D eigenvalue weighted by Gasteiger charge is -2.35. The summed E-state index contributed by atoms with van der Waals surface area (Å²) in [5.41, 5.74) is 0.205. The molecule has 17 heavy (non-hydrogen) atoms. The highest BCUT2D eigenvalue weighted by Crippen LogP contribution is 2.26. The zero-order valence-electron chi connectivity index (χ0n) is 9.72. The molecule has 1 aliphatic rings. The van der Waals surface area contributed by atoms with Crippen LogP contribution in [0, 0.1) is 0 Å². The minimum Gasteiger partial charge on any atom is -0.478 e. The number of carbonyl (C=O) groups is 1. The average Bonchev–Trinajstić information content (AvgIpc) is 2.27. The Morgan fingerprint density at radius 3 is 2.88 bits per heavy atom. The fourth-order valence-corrected chi connectivity index (χ4v) is 1.87. The highest BCUT2D eigenvalue weighted by Gasteiger charge is 2.29. The lowest BCUT2D eigenvalue weighted by atomic mass is 9.89. The smallest absolute Gasteiger partial charge is 0.337 e. The van der Waals surface area contributed by atoms with Gasteiger partial charge in [0, 0.05) is 18.8 Å². The summed E-state index contributed by atoms with van der Waals surface area (Å²) < 4.78 is 5.46. The lowest BCUT2D eigenvalue weighted by molar-refractivity contribution is 0.00292. The number of hydrogen-bond acceptors (Lipinski definition) is 4. The first-order chi connectivity index (χ1) is 8.19. The maximum Gasteiger partial charge on any atom is 0.337 e. The van der Waals surface area contributed by atoms with Crippen LogP contribution in [0.5, 0.6) is 0 Å². The number of nitrogens with zero attached hydrogens (tertiary/aromatic N) is 1. The van der Waals surface area contributed by atoms with Gasteiger partial charge in [-0.1, -0.05) is 0 Å². The molecule has 5 nitrogen and oxygen atoms in total. The molecule has 0 spiro atoms. The van der Waals surface area contributed by atoms with Gasteiger partial charge < -0.3 is 15.2 Å². The van der Waals surface area contributed by atoms with Gasteiger partial charge in [0.1, 0.15) is 5.82 Å². The second kappa shape index (κ2) is 5.14. The zero-order chi connectivity index (χ0) is 12.3. The molecule has 5 heteroatoms. The molecule has 0 radical (unpaired) electrons. The molecule has 2 N–H and O–H groups in total. The third-order valence-electron chi connectivity index (χ3n) is 2.86. The van der Waals surface area contributed by atoms with Gasteiger partial charge in [0.2, 0.25) is 0 Å². The molecule has 0 aliphatic heterocycles. The molecule has 0 amide bonds. The second-order valence-corrected chi connectivity index (χ2v) is 4.13. The van der Waals surface area contributed by atoms with Crippen molar-refractivity contribution in [2.24, 2.45) is 0 Å². The first-order valence-electron chi connectivity index (χ1n) is 5.76. The molecule has 0 saturated heterocycles. The number of hydrogen-bond donors (Lipinski definition) is 2. The van der Waals surface area contributed by atoms with E-state index in [2.05, 4.69) is 10.3 Å². The summed E-state index contributed by atoms with van der Waals surface area (Å²) in [6, 6.07) is 3.63. The van der Waals surface area contributed by atoms with Crippen LogP contribution in [0.1, 0.15) is 30.1 Å². The van der Waals surface area contributed by atoms with Crippen molar-refractivity contribution in [1.29, 1.82) is 0 Å². The largest absolute Gasteiger partial charge is 0.478 e. The highest BCUT2D eigenvalue weighted by atomic mass is 16.5.